The Labute approximate surface area is 185 Å². The Kier molecular flexibility index (Phi) is 9.75. The van der Waals surface area contributed by atoms with Gasteiger partial charge in [0.2, 0.25) is 0 Å². The lowest BCUT2D eigenvalue weighted by atomic mass is 9.77. The molecule has 2 nitrogen and oxygen atoms in total. The Balaban J connectivity index is 1.42. The number of unbranched alkanes of at least 4 members (excludes halogenated alkanes) is 6. The van der Waals surface area contributed by atoms with Crippen molar-refractivity contribution >= 4 is 5.97 Å². The highest BCUT2D eigenvalue weighted by atomic mass is 16.5. The standard InChI is InChI=1S/C28H44O2/c1-3-5-7-8-9-10-12-26-21-27(30-28(26)29)25-19-17-24(18-20-25)23-15-13-22(14-16-23)11-6-4-2/h17-20,22-23,26-27H,3-16,21H2,1-2H3. The van der Waals surface area contributed by atoms with Gasteiger partial charge in [-0.1, -0.05) is 95.9 Å². The first-order chi connectivity index (χ1) is 14.7. The zero-order chi connectivity index (χ0) is 21.2. The van der Waals surface area contributed by atoms with Crippen molar-refractivity contribution in [2.45, 2.75) is 122 Å². The van der Waals surface area contributed by atoms with Crippen LogP contribution in [0.15, 0.2) is 24.3 Å². The molecule has 0 amide bonds. The molecule has 2 atom stereocenters. The lowest BCUT2D eigenvalue weighted by molar-refractivity contribution is -0.144. The van der Waals surface area contributed by atoms with E-state index >= 15 is 0 Å². The second-order valence-corrected chi connectivity index (χ2v) is 9.94. The molecule has 0 spiro atoms. The van der Waals surface area contributed by atoms with Crippen molar-refractivity contribution < 1.29 is 9.53 Å². The molecule has 30 heavy (non-hydrogen) atoms. The van der Waals surface area contributed by atoms with E-state index in [2.05, 4.69) is 38.1 Å². The van der Waals surface area contributed by atoms with Crippen molar-refractivity contribution in [3.05, 3.63) is 35.4 Å². The van der Waals surface area contributed by atoms with Gasteiger partial charge in [-0.2, -0.15) is 0 Å². The third-order valence-electron chi connectivity index (χ3n) is 7.59. The normalized spacial score (nSPS) is 26.7. The maximum atomic E-state index is 12.3. The van der Waals surface area contributed by atoms with Gasteiger partial charge >= 0.3 is 5.97 Å². The predicted molar refractivity (Wildman–Crippen MR) is 126 cm³/mol. The Hall–Kier alpha value is -1.31. The van der Waals surface area contributed by atoms with Gasteiger partial charge in [-0.15, -0.1) is 0 Å². The van der Waals surface area contributed by atoms with Gasteiger partial charge in [0.05, 0.1) is 5.92 Å². The molecule has 2 fully saturated rings. The molecule has 1 aromatic carbocycles. The van der Waals surface area contributed by atoms with Crippen molar-refractivity contribution in [3.63, 3.8) is 0 Å². The van der Waals surface area contributed by atoms with E-state index < -0.39 is 0 Å². The summed E-state index contributed by atoms with van der Waals surface area (Å²) in [6, 6.07) is 9.07. The molecule has 168 valence electrons. The van der Waals surface area contributed by atoms with Crippen LogP contribution in [0.1, 0.15) is 133 Å². The van der Waals surface area contributed by atoms with Crippen molar-refractivity contribution in [1.29, 1.82) is 0 Å². The van der Waals surface area contributed by atoms with Crippen molar-refractivity contribution in [2.75, 3.05) is 0 Å². The van der Waals surface area contributed by atoms with Crippen LogP contribution in [0.5, 0.6) is 0 Å². The van der Waals surface area contributed by atoms with Gasteiger partial charge in [-0.25, -0.2) is 0 Å². The fraction of sp³-hybridized carbons (Fsp3) is 0.750. The maximum absolute atomic E-state index is 12.3. The van der Waals surface area contributed by atoms with E-state index in [1.165, 1.54) is 88.2 Å². The summed E-state index contributed by atoms with van der Waals surface area (Å²) in [6.45, 7) is 4.55. The first-order valence-electron chi connectivity index (χ1n) is 13.0. The number of cyclic esters (lactones) is 1. The maximum Gasteiger partial charge on any atom is 0.309 e. The summed E-state index contributed by atoms with van der Waals surface area (Å²) in [5, 5.41) is 0. The summed E-state index contributed by atoms with van der Waals surface area (Å²) in [5.41, 5.74) is 2.68. The number of rotatable bonds is 12. The van der Waals surface area contributed by atoms with Crippen LogP contribution in [-0.4, -0.2) is 5.97 Å². The van der Waals surface area contributed by atoms with Gasteiger partial charge in [0.1, 0.15) is 6.10 Å². The zero-order valence-electron chi connectivity index (χ0n) is 19.5. The van der Waals surface area contributed by atoms with Crippen LogP contribution in [0, 0.1) is 11.8 Å². The third kappa shape index (κ3) is 6.86. The van der Waals surface area contributed by atoms with Crippen LogP contribution in [0.4, 0.5) is 0 Å². The quantitative estimate of drug-likeness (QED) is 0.254. The monoisotopic (exact) mass is 412 g/mol. The number of carbonyl (C=O) groups is 1. The van der Waals surface area contributed by atoms with Crippen LogP contribution in [0.2, 0.25) is 0 Å². The second-order valence-electron chi connectivity index (χ2n) is 9.94. The zero-order valence-corrected chi connectivity index (χ0v) is 19.5. The number of hydrogen-bond donors (Lipinski definition) is 0. The summed E-state index contributed by atoms with van der Waals surface area (Å²) < 4.78 is 5.75. The van der Waals surface area contributed by atoms with Gasteiger partial charge in [-0.05, 0) is 55.1 Å². The molecule has 1 aliphatic carbocycles. The van der Waals surface area contributed by atoms with E-state index in [0.717, 1.165) is 31.1 Å². The molecule has 1 aromatic rings. The number of ether oxygens (including phenoxy) is 1. The number of carbonyl (C=O) groups excluding carboxylic acids is 1. The summed E-state index contributed by atoms with van der Waals surface area (Å²) >= 11 is 0. The van der Waals surface area contributed by atoms with Crippen LogP contribution in [-0.2, 0) is 9.53 Å². The molecule has 2 heteroatoms. The molecule has 2 aliphatic rings. The van der Waals surface area contributed by atoms with Gasteiger partial charge in [0, 0.05) is 6.42 Å². The molecule has 1 aliphatic heterocycles. The highest BCUT2D eigenvalue weighted by molar-refractivity contribution is 5.74. The molecule has 3 rings (SSSR count). The SMILES string of the molecule is CCCCCCCCC1CC(c2ccc(C3CCC(CCCC)CC3)cc2)OC1=O. The molecule has 0 aromatic heterocycles. The van der Waals surface area contributed by atoms with E-state index in [-0.39, 0.29) is 18.0 Å². The fourth-order valence-corrected chi connectivity index (χ4v) is 5.51. The molecule has 0 N–H and O–H groups in total. The smallest absolute Gasteiger partial charge is 0.309 e. The topological polar surface area (TPSA) is 26.3 Å². The highest BCUT2D eigenvalue weighted by Crippen LogP contribution is 2.40. The molecular formula is C28H44O2. The van der Waals surface area contributed by atoms with E-state index in [1.807, 2.05) is 0 Å². The average Bonchev–Trinajstić information content (AvgIpc) is 3.15. The van der Waals surface area contributed by atoms with Gasteiger partial charge < -0.3 is 4.74 Å². The Morgan fingerprint density at radius 1 is 0.767 bits per heavy atom. The second kappa shape index (κ2) is 12.5. The summed E-state index contributed by atoms with van der Waals surface area (Å²) in [4.78, 5) is 12.3. The fourth-order valence-electron chi connectivity index (χ4n) is 5.51. The average molecular weight is 413 g/mol. The molecule has 0 radical (unpaired) electrons. The largest absolute Gasteiger partial charge is 0.457 e. The van der Waals surface area contributed by atoms with Gasteiger partial charge in [-0.3, -0.25) is 4.79 Å². The van der Waals surface area contributed by atoms with Crippen LogP contribution < -0.4 is 0 Å². The summed E-state index contributed by atoms with van der Waals surface area (Å²) in [5.74, 6) is 1.83. The van der Waals surface area contributed by atoms with Crippen molar-refractivity contribution in [1.82, 2.24) is 0 Å². The van der Waals surface area contributed by atoms with Crippen LogP contribution >= 0.6 is 0 Å². The van der Waals surface area contributed by atoms with Crippen molar-refractivity contribution in [3.8, 4) is 0 Å². The Bertz CT molecular complexity index is 612. The van der Waals surface area contributed by atoms with Crippen LogP contribution in [0.3, 0.4) is 0 Å². The lowest BCUT2D eigenvalue weighted by Gasteiger charge is -2.29. The molecular weight excluding hydrogens is 368 g/mol. The summed E-state index contributed by atoms with van der Waals surface area (Å²) in [7, 11) is 0. The van der Waals surface area contributed by atoms with Gasteiger partial charge in [0.25, 0.3) is 0 Å². The van der Waals surface area contributed by atoms with E-state index in [4.69, 9.17) is 4.74 Å². The molecule has 1 saturated heterocycles. The highest BCUT2D eigenvalue weighted by Gasteiger charge is 2.34. The minimum absolute atomic E-state index is 0.0265. The first-order valence-corrected chi connectivity index (χ1v) is 13.0. The molecule has 2 unspecified atom stereocenters. The van der Waals surface area contributed by atoms with Crippen LogP contribution in [0.25, 0.3) is 0 Å². The first kappa shape index (κ1) is 23.4. The molecule has 1 saturated carbocycles. The summed E-state index contributed by atoms with van der Waals surface area (Å²) in [6.07, 6.45) is 19.1. The number of esters is 1. The van der Waals surface area contributed by atoms with E-state index in [1.54, 1.807) is 0 Å². The Morgan fingerprint density at radius 2 is 1.40 bits per heavy atom. The predicted octanol–water partition coefficient (Wildman–Crippen LogP) is 8.51. The number of hydrogen-bond acceptors (Lipinski definition) is 2. The molecule has 1 heterocycles. The lowest BCUT2D eigenvalue weighted by Crippen LogP contribution is -2.13. The number of benzene rings is 1. The Morgan fingerprint density at radius 3 is 2.10 bits per heavy atom. The van der Waals surface area contributed by atoms with E-state index in [9.17, 15) is 4.79 Å². The third-order valence-corrected chi connectivity index (χ3v) is 7.59. The minimum Gasteiger partial charge on any atom is -0.457 e. The van der Waals surface area contributed by atoms with Gasteiger partial charge in [0.15, 0.2) is 0 Å². The van der Waals surface area contributed by atoms with E-state index in [0.29, 0.717) is 0 Å². The minimum atomic E-state index is -0.0265. The van der Waals surface area contributed by atoms with Crippen molar-refractivity contribution in [2.24, 2.45) is 11.8 Å². The molecule has 0 bridgehead atoms.